The maximum Gasteiger partial charge on any atom is 0.224 e. The molecular weight excluding hydrogens is 483 g/mol. The molecule has 1 aromatic heterocycles. The van der Waals surface area contributed by atoms with Crippen LogP contribution in [0.4, 0.5) is 5.82 Å². The number of carbonyl (C=O) groups excluding carboxylic acids is 1. The number of rotatable bonds is 10. The van der Waals surface area contributed by atoms with Crippen LogP contribution in [-0.4, -0.2) is 80.8 Å². The predicted octanol–water partition coefficient (Wildman–Crippen LogP) is 1.72. The molecule has 164 valence electrons. The largest absolute Gasteiger partial charge is 0.382 e. The number of carbonyl (C=O) groups is 1. The molecule has 0 spiro atoms. The Morgan fingerprint density at radius 3 is 2.66 bits per heavy atom. The van der Waals surface area contributed by atoms with E-state index in [-0.39, 0.29) is 29.9 Å². The summed E-state index contributed by atoms with van der Waals surface area (Å²) in [5.41, 5.74) is 0. The van der Waals surface area contributed by atoms with Crippen LogP contribution in [0.15, 0.2) is 29.4 Å². The first-order valence-corrected chi connectivity index (χ1v) is 10.3. The Hall–Kier alpha value is -1.62. The first kappa shape index (κ1) is 25.4. The quantitative estimate of drug-likeness (QED) is 0.213. The van der Waals surface area contributed by atoms with Gasteiger partial charge < -0.3 is 25.2 Å². The van der Waals surface area contributed by atoms with Crippen molar-refractivity contribution in [1.29, 1.82) is 0 Å². The molecule has 1 aromatic rings. The van der Waals surface area contributed by atoms with Crippen molar-refractivity contribution in [3.05, 3.63) is 24.4 Å². The number of guanidine groups is 1. The van der Waals surface area contributed by atoms with Gasteiger partial charge in [0.15, 0.2) is 5.96 Å². The molecule has 0 unspecified atom stereocenters. The molecule has 0 radical (unpaired) electrons. The van der Waals surface area contributed by atoms with Gasteiger partial charge in [-0.15, -0.1) is 24.0 Å². The van der Waals surface area contributed by atoms with Crippen LogP contribution < -0.4 is 15.5 Å². The maximum atomic E-state index is 12.5. The topological polar surface area (TPSA) is 82.1 Å². The molecule has 1 saturated heterocycles. The van der Waals surface area contributed by atoms with Gasteiger partial charge in [0.1, 0.15) is 5.82 Å². The summed E-state index contributed by atoms with van der Waals surface area (Å²) in [6.45, 7) is 10.7. The standard InChI is InChI=1S/C20H34N6O2.HI/c1-3-21-20(23-11-7-17-28-4-2)24-12-9-19(27)26-15-13-25(14-16-26)18-8-5-6-10-22-18;/h5-6,8,10H,3-4,7,9,11-17H2,1-2H3,(H2,21,23,24);1H. The molecule has 0 bridgehead atoms. The van der Waals surface area contributed by atoms with E-state index in [1.165, 1.54) is 0 Å². The number of aromatic nitrogens is 1. The minimum atomic E-state index is 0. The Balaban J connectivity index is 0.00000420. The smallest absolute Gasteiger partial charge is 0.224 e. The van der Waals surface area contributed by atoms with Crippen molar-refractivity contribution in [2.24, 2.45) is 4.99 Å². The van der Waals surface area contributed by atoms with Gasteiger partial charge in [-0.1, -0.05) is 6.07 Å². The lowest BCUT2D eigenvalue weighted by Crippen LogP contribution is -2.49. The fraction of sp³-hybridized carbons (Fsp3) is 0.650. The molecule has 0 atom stereocenters. The minimum Gasteiger partial charge on any atom is -0.382 e. The van der Waals surface area contributed by atoms with Crippen LogP contribution >= 0.6 is 24.0 Å². The molecule has 0 aliphatic carbocycles. The van der Waals surface area contributed by atoms with Gasteiger partial charge in [0, 0.05) is 71.6 Å². The second-order valence-corrected chi connectivity index (χ2v) is 6.54. The Morgan fingerprint density at radius 2 is 2.00 bits per heavy atom. The summed E-state index contributed by atoms with van der Waals surface area (Å²) >= 11 is 0. The molecule has 29 heavy (non-hydrogen) atoms. The van der Waals surface area contributed by atoms with E-state index in [9.17, 15) is 4.79 Å². The van der Waals surface area contributed by atoms with E-state index in [1.54, 1.807) is 6.20 Å². The van der Waals surface area contributed by atoms with E-state index in [0.717, 1.165) is 64.1 Å². The molecule has 1 aliphatic heterocycles. The first-order valence-electron chi connectivity index (χ1n) is 10.3. The van der Waals surface area contributed by atoms with Crippen molar-refractivity contribution < 1.29 is 9.53 Å². The van der Waals surface area contributed by atoms with Crippen LogP contribution in [-0.2, 0) is 9.53 Å². The number of halogens is 1. The summed E-state index contributed by atoms with van der Waals surface area (Å²) in [4.78, 5) is 25.5. The molecule has 0 aromatic carbocycles. The lowest BCUT2D eigenvalue weighted by Gasteiger charge is -2.35. The fourth-order valence-electron chi connectivity index (χ4n) is 3.02. The van der Waals surface area contributed by atoms with Gasteiger partial charge in [0.05, 0.1) is 0 Å². The molecule has 2 N–H and O–H groups in total. The van der Waals surface area contributed by atoms with Crippen molar-refractivity contribution in [3.63, 3.8) is 0 Å². The average molecular weight is 518 g/mol. The van der Waals surface area contributed by atoms with E-state index in [4.69, 9.17) is 4.74 Å². The first-order chi connectivity index (χ1) is 13.7. The third-order valence-electron chi connectivity index (χ3n) is 4.50. The molecule has 1 fully saturated rings. The van der Waals surface area contributed by atoms with E-state index in [2.05, 4.69) is 25.5 Å². The second-order valence-electron chi connectivity index (χ2n) is 6.54. The van der Waals surface area contributed by atoms with Gasteiger partial charge in [-0.05, 0) is 32.4 Å². The zero-order valence-corrected chi connectivity index (χ0v) is 19.9. The van der Waals surface area contributed by atoms with Gasteiger partial charge in [0.2, 0.25) is 5.91 Å². The van der Waals surface area contributed by atoms with E-state index in [1.807, 2.05) is 36.9 Å². The number of pyridine rings is 1. The van der Waals surface area contributed by atoms with Gasteiger partial charge in [0.25, 0.3) is 0 Å². The molecule has 1 amide bonds. The Bertz CT molecular complexity index is 594. The van der Waals surface area contributed by atoms with Crippen molar-refractivity contribution >= 4 is 41.7 Å². The van der Waals surface area contributed by atoms with Crippen molar-refractivity contribution in [2.75, 3.05) is 63.9 Å². The molecule has 2 heterocycles. The Kier molecular flexibility index (Phi) is 13.4. The highest BCUT2D eigenvalue weighted by atomic mass is 127. The summed E-state index contributed by atoms with van der Waals surface area (Å²) in [5, 5.41) is 6.46. The van der Waals surface area contributed by atoms with E-state index < -0.39 is 0 Å². The van der Waals surface area contributed by atoms with Gasteiger partial charge in [-0.25, -0.2) is 4.98 Å². The average Bonchev–Trinajstić information content (AvgIpc) is 2.74. The summed E-state index contributed by atoms with van der Waals surface area (Å²) in [6, 6.07) is 5.92. The summed E-state index contributed by atoms with van der Waals surface area (Å²) in [6.07, 6.45) is 3.16. The van der Waals surface area contributed by atoms with Gasteiger partial charge in [-0.3, -0.25) is 9.79 Å². The molecule has 2 rings (SSSR count). The van der Waals surface area contributed by atoms with Crippen molar-refractivity contribution in [1.82, 2.24) is 20.5 Å². The number of hydrogen-bond acceptors (Lipinski definition) is 5. The van der Waals surface area contributed by atoms with Crippen LogP contribution in [0.1, 0.15) is 26.7 Å². The SMILES string of the molecule is CCNC(=NCCCOCC)NCCC(=O)N1CCN(c2ccccn2)CC1.I. The van der Waals surface area contributed by atoms with Crippen LogP contribution in [0.2, 0.25) is 0 Å². The van der Waals surface area contributed by atoms with Gasteiger partial charge >= 0.3 is 0 Å². The van der Waals surface area contributed by atoms with E-state index >= 15 is 0 Å². The third kappa shape index (κ3) is 9.62. The molecular formula is C20H35IN6O2. The number of hydrogen-bond donors (Lipinski definition) is 2. The van der Waals surface area contributed by atoms with Gasteiger partial charge in [-0.2, -0.15) is 0 Å². The summed E-state index contributed by atoms with van der Waals surface area (Å²) in [7, 11) is 0. The maximum absolute atomic E-state index is 12.5. The number of ether oxygens (including phenoxy) is 1. The third-order valence-corrected chi connectivity index (χ3v) is 4.50. The van der Waals surface area contributed by atoms with Crippen LogP contribution in [0.3, 0.4) is 0 Å². The number of nitrogens with one attached hydrogen (secondary N) is 2. The highest BCUT2D eigenvalue weighted by molar-refractivity contribution is 14.0. The number of nitrogens with zero attached hydrogens (tertiary/aromatic N) is 4. The highest BCUT2D eigenvalue weighted by Crippen LogP contribution is 2.12. The number of anilines is 1. The second kappa shape index (κ2) is 15.3. The highest BCUT2D eigenvalue weighted by Gasteiger charge is 2.21. The Labute approximate surface area is 191 Å². The van der Waals surface area contributed by atoms with Crippen LogP contribution in [0, 0.1) is 0 Å². The van der Waals surface area contributed by atoms with Crippen LogP contribution in [0.5, 0.6) is 0 Å². The predicted molar refractivity (Wildman–Crippen MR) is 128 cm³/mol. The number of piperazine rings is 1. The number of amides is 1. The molecule has 8 nitrogen and oxygen atoms in total. The van der Waals surface area contributed by atoms with Crippen molar-refractivity contribution in [2.45, 2.75) is 26.7 Å². The lowest BCUT2D eigenvalue weighted by atomic mass is 10.2. The zero-order valence-electron chi connectivity index (χ0n) is 17.6. The number of aliphatic imine (C=N–C) groups is 1. The molecule has 1 aliphatic rings. The monoisotopic (exact) mass is 518 g/mol. The fourth-order valence-corrected chi connectivity index (χ4v) is 3.02. The van der Waals surface area contributed by atoms with Crippen LogP contribution in [0.25, 0.3) is 0 Å². The molecule has 9 heteroatoms. The normalized spacial score (nSPS) is 14.3. The molecule has 0 saturated carbocycles. The lowest BCUT2D eigenvalue weighted by molar-refractivity contribution is -0.131. The van der Waals surface area contributed by atoms with Crippen molar-refractivity contribution in [3.8, 4) is 0 Å². The summed E-state index contributed by atoms with van der Waals surface area (Å²) in [5.74, 6) is 1.92. The zero-order chi connectivity index (χ0) is 20.0. The Morgan fingerprint density at radius 1 is 1.21 bits per heavy atom. The van der Waals surface area contributed by atoms with E-state index in [0.29, 0.717) is 19.5 Å². The minimum absolute atomic E-state index is 0. The summed E-state index contributed by atoms with van der Waals surface area (Å²) < 4.78 is 5.32.